The van der Waals surface area contributed by atoms with Crippen molar-refractivity contribution >= 4 is 17.3 Å². The smallest absolute Gasteiger partial charge is 0.434 e. The van der Waals surface area contributed by atoms with Crippen molar-refractivity contribution < 1.29 is 17.9 Å². The van der Waals surface area contributed by atoms with E-state index in [1.54, 1.807) is 7.05 Å². The number of ether oxygens (including phenoxy) is 1. The van der Waals surface area contributed by atoms with E-state index >= 15 is 0 Å². The van der Waals surface area contributed by atoms with Crippen LogP contribution in [0.15, 0.2) is 34.6 Å². The van der Waals surface area contributed by atoms with E-state index in [1.165, 1.54) is 0 Å². The second kappa shape index (κ2) is 11.0. The number of aliphatic imine (C=N–C) groups is 1. The molecule has 0 aliphatic carbocycles. The molecule has 1 aromatic carbocycles. The second-order valence-electron chi connectivity index (χ2n) is 6.53. The first-order valence-electron chi connectivity index (χ1n) is 9.10. The van der Waals surface area contributed by atoms with Gasteiger partial charge in [-0.2, -0.15) is 13.2 Å². The van der Waals surface area contributed by atoms with Crippen LogP contribution in [0.5, 0.6) is 5.75 Å². The summed E-state index contributed by atoms with van der Waals surface area (Å²) >= 11 is 1.01. The number of aromatic nitrogens is 1. The summed E-state index contributed by atoms with van der Waals surface area (Å²) in [4.78, 5) is 9.80. The lowest BCUT2D eigenvalue weighted by molar-refractivity contribution is -0.140. The van der Waals surface area contributed by atoms with E-state index in [0.29, 0.717) is 37.1 Å². The van der Waals surface area contributed by atoms with Gasteiger partial charge in [0.1, 0.15) is 12.4 Å². The molecule has 6 nitrogen and oxygen atoms in total. The molecule has 0 atom stereocenters. The average Bonchev–Trinajstić information content (AvgIpc) is 3.14. The van der Waals surface area contributed by atoms with Crippen LogP contribution in [0.3, 0.4) is 0 Å². The summed E-state index contributed by atoms with van der Waals surface area (Å²) in [7, 11) is 5.62. The fourth-order valence-electron chi connectivity index (χ4n) is 2.34. The molecule has 1 heterocycles. The Kier molecular flexibility index (Phi) is 8.71. The lowest BCUT2D eigenvalue weighted by atomic mass is 10.2. The SMILES string of the molecule is CN=C(NCCc1nc(C(F)(F)F)cs1)NCc1cccc(OCCN(C)C)c1. The molecule has 2 N–H and O–H groups in total. The monoisotopic (exact) mass is 429 g/mol. The highest BCUT2D eigenvalue weighted by Gasteiger charge is 2.33. The Balaban J connectivity index is 1.77. The molecule has 29 heavy (non-hydrogen) atoms. The predicted octanol–water partition coefficient (Wildman–Crippen LogP) is 3.01. The maximum atomic E-state index is 12.6. The molecule has 1 aromatic heterocycles. The zero-order valence-electron chi connectivity index (χ0n) is 16.7. The van der Waals surface area contributed by atoms with Gasteiger partial charge in [0.25, 0.3) is 0 Å². The van der Waals surface area contributed by atoms with Crippen molar-refractivity contribution in [1.82, 2.24) is 20.5 Å². The lowest BCUT2D eigenvalue weighted by Gasteiger charge is -2.13. The normalized spacial score (nSPS) is 12.3. The molecular weight excluding hydrogens is 403 g/mol. The molecule has 0 saturated heterocycles. The lowest BCUT2D eigenvalue weighted by Crippen LogP contribution is -2.37. The summed E-state index contributed by atoms with van der Waals surface area (Å²) in [5.74, 6) is 1.37. The van der Waals surface area contributed by atoms with Crippen molar-refractivity contribution in [3.63, 3.8) is 0 Å². The van der Waals surface area contributed by atoms with Crippen LogP contribution in [0.4, 0.5) is 13.2 Å². The maximum absolute atomic E-state index is 12.6. The van der Waals surface area contributed by atoms with Crippen molar-refractivity contribution in [3.8, 4) is 5.75 Å². The molecule has 0 aliphatic rings. The van der Waals surface area contributed by atoms with E-state index in [2.05, 4.69) is 25.5 Å². The molecule has 0 bridgehead atoms. The van der Waals surface area contributed by atoms with Crippen molar-refractivity contribution in [2.24, 2.45) is 4.99 Å². The topological polar surface area (TPSA) is 61.8 Å². The minimum atomic E-state index is -4.40. The Morgan fingerprint density at radius 2 is 2.07 bits per heavy atom. The van der Waals surface area contributed by atoms with Crippen LogP contribution in [0.1, 0.15) is 16.3 Å². The second-order valence-corrected chi connectivity index (χ2v) is 7.47. The molecule has 0 spiro atoms. The van der Waals surface area contributed by atoms with E-state index in [4.69, 9.17) is 4.74 Å². The number of halogens is 3. The minimum Gasteiger partial charge on any atom is -0.492 e. The van der Waals surface area contributed by atoms with E-state index in [-0.39, 0.29) is 0 Å². The van der Waals surface area contributed by atoms with Crippen molar-refractivity contribution in [3.05, 3.63) is 45.9 Å². The number of benzene rings is 1. The molecule has 0 aliphatic heterocycles. The van der Waals surface area contributed by atoms with E-state index < -0.39 is 11.9 Å². The summed E-state index contributed by atoms with van der Waals surface area (Å²) in [6, 6.07) is 7.78. The van der Waals surface area contributed by atoms with Gasteiger partial charge in [-0.25, -0.2) is 4.98 Å². The van der Waals surface area contributed by atoms with E-state index in [1.807, 2.05) is 38.4 Å². The molecule has 0 radical (unpaired) electrons. The molecule has 160 valence electrons. The van der Waals surface area contributed by atoms with Gasteiger partial charge >= 0.3 is 6.18 Å². The Morgan fingerprint density at radius 1 is 1.28 bits per heavy atom. The Labute approximate surface area is 172 Å². The highest BCUT2D eigenvalue weighted by Crippen LogP contribution is 2.29. The fourth-order valence-corrected chi connectivity index (χ4v) is 3.15. The van der Waals surface area contributed by atoms with Crippen LogP contribution < -0.4 is 15.4 Å². The number of hydrogen-bond acceptors (Lipinski definition) is 5. The molecule has 0 fully saturated rings. The molecule has 0 saturated carbocycles. The number of nitrogens with zero attached hydrogens (tertiary/aromatic N) is 3. The van der Waals surface area contributed by atoms with Gasteiger partial charge in [-0.1, -0.05) is 12.1 Å². The van der Waals surface area contributed by atoms with Gasteiger partial charge in [-0.05, 0) is 31.8 Å². The molecule has 2 aromatic rings. The van der Waals surface area contributed by atoms with Crippen molar-refractivity contribution in [1.29, 1.82) is 0 Å². The van der Waals surface area contributed by atoms with Crippen LogP contribution in [0.2, 0.25) is 0 Å². The number of rotatable bonds is 9. The third-order valence-corrected chi connectivity index (χ3v) is 4.77. The fraction of sp³-hybridized carbons (Fsp3) is 0.474. The average molecular weight is 430 g/mol. The third kappa shape index (κ3) is 8.28. The van der Waals surface area contributed by atoms with Gasteiger partial charge in [-0.3, -0.25) is 4.99 Å². The van der Waals surface area contributed by atoms with Crippen LogP contribution in [-0.4, -0.2) is 56.7 Å². The van der Waals surface area contributed by atoms with Crippen LogP contribution in [0.25, 0.3) is 0 Å². The number of nitrogens with one attached hydrogen (secondary N) is 2. The third-order valence-electron chi connectivity index (χ3n) is 3.86. The van der Waals surface area contributed by atoms with Gasteiger partial charge in [0, 0.05) is 38.5 Å². The van der Waals surface area contributed by atoms with Crippen LogP contribution >= 0.6 is 11.3 Å². The zero-order valence-corrected chi connectivity index (χ0v) is 17.5. The van der Waals surface area contributed by atoms with Crippen LogP contribution in [0, 0.1) is 0 Å². The number of likely N-dealkylation sites (N-methyl/N-ethyl adjacent to an activating group) is 1. The summed E-state index contributed by atoms with van der Waals surface area (Å²) in [6.45, 7) is 2.42. The van der Waals surface area contributed by atoms with E-state index in [0.717, 1.165) is 34.6 Å². The summed E-state index contributed by atoms with van der Waals surface area (Å²) in [5, 5.41) is 7.74. The number of hydrogen-bond donors (Lipinski definition) is 2. The largest absolute Gasteiger partial charge is 0.492 e. The quantitative estimate of drug-likeness (QED) is 0.474. The first kappa shape index (κ1) is 23.0. The molecule has 10 heteroatoms. The molecule has 0 amide bonds. The highest BCUT2D eigenvalue weighted by atomic mass is 32.1. The highest BCUT2D eigenvalue weighted by molar-refractivity contribution is 7.09. The Hall–Kier alpha value is -2.33. The van der Waals surface area contributed by atoms with Crippen molar-refractivity contribution in [2.75, 3.05) is 40.8 Å². The van der Waals surface area contributed by atoms with Gasteiger partial charge in [0.2, 0.25) is 0 Å². The summed E-state index contributed by atoms with van der Waals surface area (Å²) < 4.78 is 43.5. The summed E-state index contributed by atoms with van der Waals surface area (Å²) in [6.07, 6.45) is -4.01. The van der Waals surface area contributed by atoms with Gasteiger partial charge in [0.15, 0.2) is 11.7 Å². The molecule has 2 rings (SSSR count). The standard InChI is InChI=1S/C19H26F3N5OS/c1-23-18(24-8-7-17-26-16(13-29-17)19(20,21)22)25-12-14-5-4-6-15(11-14)28-10-9-27(2)3/h4-6,11,13H,7-10,12H2,1-3H3,(H2,23,24,25). The zero-order chi connectivity index (χ0) is 21.3. The Bertz CT molecular complexity index is 792. The first-order chi connectivity index (χ1) is 13.8. The predicted molar refractivity (Wildman–Crippen MR) is 110 cm³/mol. The number of alkyl halides is 3. The number of guanidine groups is 1. The maximum Gasteiger partial charge on any atom is 0.434 e. The Morgan fingerprint density at radius 3 is 2.72 bits per heavy atom. The molecular formula is C19H26F3N5OS. The first-order valence-corrected chi connectivity index (χ1v) is 9.98. The molecule has 0 unspecified atom stereocenters. The summed E-state index contributed by atoms with van der Waals surface area (Å²) in [5.41, 5.74) is 0.192. The minimum absolute atomic E-state index is 0.386. The van der Waals surface area contributed by atoms with Crippen molar-refractivity contribution in [2.45, 2.75) is 19.1 Å². The van der Waals surface area contributed by atoms with Crippen LogP contribution in [-0.2, 0) is 19.1 Å². The van der Waals surface area contributed by atoms with Gasteiger partial charge in [0.05, 0.1) is 5.01 Å². The number of thiazole rings is 1. The van der Waals surface area contributed by atoms with Gasteiger partial charge in [-0.15, -0.1) is 11.3 Å². The van der Waals surface area contributed by atoms with E-state index in [9.17, 15) is 13.2 Å². The van der Waals surface area contributed by atoms with Gasteiger partial charge < -0.3 is 20.3 Å².